The van der Waals surface area contributed by atoms with Gasteiger partial charge in [-0.15, -0.1) is 11.3 Å². The number of carbonyl (C=O) groups excluding carboxylic acids is 1. The van der Waals surface area contributed by atoms with Crippen molar-refractivity contribution in [1.82, 2.24) is 9.97 Å². The Morgan fingerprint density at radius 1 is 1.48 bits per heavy atom. The number of aromatic amines is 1. The maximum atomic E-state index is 12.6. The lowest BCUT2D eigenvalue weighted by molar-refractivity contribution is -0.143. The molecular weight excluding hydrogens is 356 g/mol. The fourth-order valence-electron chi connectivity index (χ4n) is 3.11. The number of hydrogen-bond donors (Lipinski definition) is 1. The molecule has 0 radical (unpaired) electrons. The first kappa shape index (κ1) is 18.5. The second-order valence-electron chi connectivity index (χ2n) is 6.59. The van der Waals surface area contributed by atoms with E-state index in [0.29, 0.717) is 24.1 Å². The highest BCUT2D eigenvalue weighted by atomic mass is 32.2. The molecule has 7 heteroatoms. The fourth-order valence-corrected chi connectivity index (χ4v) is 5.45. The molecule has 0 aliphatic heterocycles. The van der Waals surface area contributed by atoms with Crippen molar-refractivity contribution in [3.63, 3.8) is 0 Å². The number of carbonyl (C=O) groups is 1. The largest absolute Gasteiger partial charge is 0.465 e. The molecule has 0 bridgehead atoms. The Balaban J connectivity index is 1.88. The van der Waals surface area contributed by atoms with Crippen molar-refractivity contribution in [2.45, 2.75) is 63.3 Å². The molecule has 1 aliphatic carbocycles. The minimum Gasteiger partial charge on any atom is -0.465 e. The summed E-state index contributed by atoms with van der Waals surface area (Å²) in [6.07, 6.45) is 4.53. The number of esters is 1. The molecule has 0 spiro atoms. The lowest BCUT2D eigenvalue weighted by Crippen LogP contribution is -2.21. The van der Waals surface area contributed by atoms with Gasteiger partial charge in [0.05, 0.1) is 12.0 Å². The highest BCUT2D eigenvalue weighted by Crippen LogP contribution is 2.36. The van der Waals surface area contributed by atoms with Crippen molar-refractivity contribution < 1.29 is 9.53 Å². The van der Waals surface area contributed by atoms with E-state index in [9.17, 15) is 9.59 Å². The molecule has 2 atom stereocenters. The predicted octanol–water partition coefficient (Wildman–Crippen LogP) is 3.93. The number of hydrogen-bond acceptors (Lipinski definition) is 6. The molecule has 0 saturated carbocycles. The number of rotatable bonds is 6. The lowest BCUT2D eigenvalue weighted by Gasteiger charge is -2.17. The van der Waals surface area contributed by atoms with Crippen LogP contribution in [0.1, 0.15) is 50.5 Å². The third-order valence-corrected chi connectivity index (χ3v) is 6.85. The van der Waals surface area contributed by atoms with E-state index in [2.05, 4.69) is 16.9 Å². The monoisotopic (exact) mass is 380 g/mol. The Labute approximate surface area is 155 Å². The summed E-state index contributed by atoms with van der Waals surface area (Å²) in [7, 11) is 0. The van der Waals surface area contributed by atoms with Crippen molar-refractivity contribution >= 4 is 39.3 Å². The van der Waals surface area contributed by atoms with Crippen LogP contribution in [0.4, 0.5) is 0 Å². The van der Waals surface area contributed by atoms with Crippen LogP contribution in [0.5, 0.6) is 0 Å². The van der Waals surface area contributed by atoms with Crippen molar-refractivity contribution in [2.24, 2.45) is 5.92 Å². The summed E-state index contributed by atoms with van der Waals surface area (Å²) in [5.74, 6) is 0.419. The van der Waals surface area contributed by atoms with Gasteiger partial charge >= 0.3 is 5.97 Å². The maximum Gasteiger partial charge on any atom is 0.319 e. The highest BCUT2D eigenvalue weighted by Gasteiger charge is 2.25. The third-order valence-electron chi connectivity index (χ3n) is 4.48. The Bertz CT molecular complexity index is 828. The van der Waals surface area contributed by atoms with Gasteiger partial charge in [-0.25, -0.2) is 4.98 Å². The summed E-state index contributed by atoms with van der Waals surface area (Å²) >= 11 is 2.92. The quantitative estimate of drug-likeness (QED) is 0.467. The minimum absolute atomic E-state index is 0.0867. The summed E-state index contributed by atoms with van der Waals surface area (Å²) in [5, 5.41) is 0.907. The first-order chi connectivity index (χ1) is 12.0. The van der Waals surface area contributed by atoms with E-state index in [4.69, 9.17) is 4.74 Å². The van der Waals surface area contributed by atoms with E-state index in [-0.39, 0.29) is 16.8 Å². The summed E-state index contributed by atoms with van der Waals surface area (Å²) in [6.45, 7) is 6.58. The lowest BCUT2D eigenvalue weighted by atomic mass is 9.89. The first-order valence-electron chi connectivity index (χ1n) is 8.91. The van der Waals surface area contributed by atoms with Gasteiger partial charge < -0.3 is 9.72 Å². The van der Waals surface area contributed by atoms with Gasteiger partial charge in [0, 0.05) is 4.88 Å². The zero-order chi connectivity index (χ0) is 18.0. The van der Waals surface area contributed by atoms with Gasteiger partial charge in [-0.1, -0.05) is 32.5 Å². The Morgan fingerprint density at radius 3 is 3.00 bits per heavy atom. The predicted molar refractivity (Wildman–Crippen MR) is 103 cm³/mol. The zero-order valence-electron chi connectivity index (χ0n) is 14.9. The number of fused-ring (bicyclic) bond motifs is 3. The van der Waals surface area contributed by atoms with Crippen LogP contribution in [-0.4, -0.2) is 27.8 Å². The Morgan fingerprint density at radius 2 is 2.28 bits per heavy atom. The third kappa shape index (κ3) is 3.92. The fraction of sp³-hybridized carbons (Fsp3) is 0.611. The highest BCUT2D eigenvalue weighted by molar-refractivity contribution is 8.00. The first-order valence-corrected chi connectivity index (χ1v) is 10.6. The average molecular weight is 381 g/mol. The van der Waals surface area contributed by atoms with Gasteiger partial charge in [-0.3, -0.25) is 9.59 Å². The van der Waals surface area contributed by atoms with E-state index < -0.39 is 0 Å². The topological polar surface area (TPSA) is 72.0 Å². The number of aryl methyl sites for hydroxylation is 1. The van der Waals surface area contributed by atoms with Crippen LogP contribution in [0, 0.1) is 5.92 Å². The number of aromatic nitrogens is 2. The average Bonchev–Trinajstić information content (AvgIpc) is 2.95. The van der Waals surface area contributed by atoms with Gasteiger partial charge in [0.1, 0.15) is 10.1 Å². The van der Waals surface area contributed by atoms with E-state index in [1.54, 1.807) is 11.3 Å². The number of ether oxygens (including phenoxy) is 1. The standard InChI is InChI=1S/C18H24N2O3S2/c1-4-8-23-17(22)12(5-2)25-18-19-15(21)14-11-7-6-10(3)9-13(11)24-16(14)20-18/h10,12H,4-9H2,1-3H3,(H,19,20,21)/t10-,12+/m1/s1. The van der Waals surface area contributed by atoms with E-state index in [1.165, 1.54) is 22.2 Å². The molecule has 2 heterocycles. The van der Waals surface area contributed by atoms with E-state index >= 15 is 0 Å². The van der Waals surface area contributed by atoms with Gasteiger partial charge in [0.2, 0.25) is 0 Å². The molecule has 0 fully saturated rings. The molecule has 0 saturated heterocycles. The van der Waals surface area contributed by atoms with Crippen molar-refractivity contribution in [3.05, 3.63) is 20.8 Å². The normalized spacial score (nSPS) is 18.1. The van der Waals surface area contributed by atoms with Crippen LogP contribution in [0.25, 0.3) is 10.2 Å². The molecule has 2 aromatic rings. The molecule has 1 N–H and O–H groups in total. The van der Waals surface area contributed by atoms with Crippen molar-refractivity contribution in [1.29, 1.82) is 0 Å². The molecule has 3 rings (SSSR count). The van der Waals surface area contributed by atoms with Crippen LogP contribution in [0.2, 0.25) is 0 Å². The van der Waals surface area contributed by atoms with Gasteiger partial charge in [-0.2, -0.15) is 0 Å². The van der Waals surface area contributed by atoms with Crippen LogP contribution in [-0.2, 0) is 22.4 Å². The minimum atomic E-state index is -0.346. The van der Waals surface area contributed by atoms with Crippen molar-refractivity contribution in [2.75, 3.05) is 6.61 Å². The smallest absolute Gasteiger partial charge is 0.319 e. The number of nitrogens with zero attached hydrogens (tertiary/aromatic N) is 1. The zero-order valence-corrected chi connectivity index (χ0v) is 16.5. The summed E-state index contributed by atoms with van der Waals surface area (Å²) in [4.78, 5) is 34.3. The van der Waals surface area contributed by atoms with Crippen LogP contribution >= 0.6 is 23.1 Å². The molecule has 5 nitrogen and oxygen atoms in total. The van der Waals surface area contributed by atoms with Gasteiger partial charge in [0.15, 0.2) is 5.16 Å². The van der Waals surface area contributed by atoms with E-state index in [0.717, 1.165) is 35.9 Å². The Hall–Kier alpha value is -1.34. The Kier molecular flexibility index (Phi) is 5.84. The molecule has 0 unspecified atom stereocenters. The number of nitrogens with one attached hydrogen (secondary N) is 1. The summed E-state index contributed by atoms with van der Waals surface area (Å²) in [6, 6.07) is 0. The van der Waals surface area contributed by atoms with Crippen LogP contribution in [0.3, 0.4) is 0 Å². The summed E-state index contributed by atoms with van der Waals surface area (Å²) < 4.78 is 5.24. The number of thioether (sulfide) groups is 1. The SMILES string of the molecule is CCCOC(=O)[C@H](CC)Sc1nc2sc3c(c2c(=O)[nH]1)CC[C@@H](C)C3. The second-order valence-corrected chi connectivity index (χ2v) is 8.86. The second kappa shape index (κ2) is 7.91. The van der Waals surface area contributed by atoms with Crippen LogP contribution in [0.15, 0.2) is 9.95 Å². The molecular formula is C18H24N2O3S2. The molecule has 0 amide bonds. The van der Waals surface area contributed by atoms with Gasteiger partial charge in [0.25, 0.3) is 5.56 Å². The molecule has 0 aromatic carbocycles. The van der Waals surface area contributed by atoms with E-state index in [1.807, 2.05) is 13.8 Å². The molecule has 25 heavy (non-hydrogen) atoms. The maximum absolute atomic E-state index is 12.6. The molecule has 136 valence electrons. The number of thiophene rings is 1. The van der Waals surface area contributed by atoms with Gasteiger partial charge in [-0.05, 0) is 43.6 Å². The van der Waals surface area contributed by atoms with Crippen LogP contribution < -0.4 is 5.56 Å². The van der Waals surface area contributed by atoms with Crippen molar-refractivity contribution in [3.8, 4) is 0 Å². The molecule has 2 aromatic heterocycles. The molecule has 1 aliphatic rings. The summed E-state index contributed by atoms with van der Waals surface area (Å²) in [5.41, 5.74) is 1.09. The number of H-pyrrole nitrogens is 1.